The molecular formula is C19H19FN4. The first-order valence-corrected chi connectivity index (χ1v) is 7.80. The Morgan fingerprint density at radius 2 is 1.46 bits per heavy atom. The Morgan fingerprint density at radius 1 is 0.833 bits per heavy atom. The van der Waals surface area contributed by atoms with Crippen molar-refractivity contribution < 1.29 is 4.39 Å². The van der Waals surface area contributed by atoms with Crippen LogP contribution in [0.4, 0.5) is 16.2 Å². The van der Waals surface area contributed by atoms with Gasteiger partial charge in [0.1, 0.15) is 11.6 Å². The lowest BCUT2D eigenvalue weighted by atomic mass is 10.1. The Kier molecular flexibility index (Phi) is 5.01. The van der Waals surface area contributed by atoms with Crippen LogP contribution in [0.15, 0.2) is 60.8 Å². The fourth-order valence-corrected chi connectivity index (χ4v) is 2.22. The van der Waals surface area contributed by atoms with Gasteiger partial charge in [0.05, 0.1) is 0 Å². The van der Waals surface area contributed by atoms with Crippen LogP contribution in [-0.2, 0) is 13.1 Å². The number of aromatic nitrogens is 2. The van der Waals surface area contributed by atoms with Gasteiger partial charge in [-0.25, -0.2) is 9.37 Å². The molecule has 0 atom stereocenters. The minimum absolute atomic E-state index is 0.233. The molecule has 0 saturated carbocycles. The molecule has 0 amide bonds. The van der Waals surface area contributed by atoms with Gasteiger partial charge in [-0.1, -0.05) is 42.0 Å². The summed E-state index contributed by atoms with van der Waals surface area (Å²) in [4.78, 5) is 8.66. The number of hydrogen-bond donors (Lipinski definition) is 2. The standard InChI is InChI=1S/C19H19FN4/c1-14-2-4-15(5-3-14)13-23-19-21-11-10-18(24-19)22-12-16-6-8-17(20)9-7-16/h2-11H,12-13H2,1H3,(H2,21,22,23,24). The van der Waals surface area contributed by atoms with E-state index in [1.54, 1.807) is 24.4 Å². The molecule has 2 N–H and O–H groups in total. The van der Waals surface area contributed by atoms with Crippen LogP contribution in [-0.4, -0.2) is 9.97 Å². The summed E-state index contributed by atoms with van der Waals surface area (Å²) in [6.07, 6.45) is 1.71. The summed E-state index contributed by atoms with van der Waals surface area (Å²) < 4.78 is 12.9. The van der Waals surface area contributed by atoms with Crippen molar-refractivity contribution in [1.29, 1.82) is 0 Å². The van der Waals surface area contributed by atoms with E-state index in [0.717, 1.165) is 11.4 Å². The van der Waals surface area contributed by atoms with Gasteiger partial charge < -0.3 is 10.6 Å². The van der Waals surface area contributed by atoms with Crippen molar-refractivity contribution in [3.63, 3.8) is 0 Å². The minimum atomic E-state index is -0.233. The number of nitrogens with one attached hydrogen (secondary N) is 2. The van der Waals surface area contributed by atoms with E-state index in [-0.39, 0.29) is 5.82 Å². The van der Waals surface area contributed by atoms with Gasteiger partial charge in [-0.05, 0) is 36.2 Å². The van der Waals surface area contributed by atoms with Crippen molar-refractivity contribution in [1.82, 2.24) is 9.97 Å². The summed E-state index contributed by atoms with van der Waals surface area (Å²) in [5, 5.41) is 6.43. The number of aryl methyl sites for hydroxylation is 1. The van der Waals surface area contributed by atoms with Crippen LogP contribution in [0.2, 0.25) is 0 Å². The van der Waals surface area contributed by atoms with Crippen molar-refractivity contribution >= 4 is 11.8 Å². The van der Waals surface area contributed by atoms with Crippen molar-refractivity contribution in [2.24, 2.45) is 0 Å². The first kappa shape index (κ1) is 15.9. The van der Waals surface area contributed by atoms with Crippen LogP contribution >= 0.6 is 0 Å². The van der Waals surface area contributed by atoms with Crippen molar-refractivity contribution in [2.45, 2.75) is 20.0 Å². The maximum atomic E-state index is 12.9. The third kappa shape index (κ3) is 4.52. The molecule has 3 aromatic rings. The van der Waals surface area contributed by atoms with E-state index in [1.807, 2.05) is 0 Å². The molecular weight excluding hydrogens is 303 g/mol. The van der Waals surface area contributed by atoms with Gasteiger partial charge in [-0.3, -0.25) is 0 Å². The zero-order chi connectivity index (χ0) is 16.8. The fraction of sp³-hybridized carbons (Fsp3) is 0.158. The van der Waals surface area contributed by atoms with E-state index in [1.165, 1.54) is 23.3 Å². The van der Waals surface area contributed by atoms with E-state index in [2.05, 4.69) is 51.8 Å². The summed E-state index contributed by atoms with van der Waals surface area (Å²) in [6.45, 7) is 3.31. The van der Waals surface area contributed by atoms with Crippen LogP contribution in [0.1, 0.15) is 16.7 Å². The van der Waals surface area contributed by atoms with E-state index >= 15 is 0 Å². The number of halogens is 1. The molecule has 0 aliphatic rings. The highest BCUT2D eigenvalue weighted by Gasteiger charge is 2.00. The highest BCUT2D eigenvalue weighted by atomic mass is 19.1. The largest absolute Gasteiger partial charge is 0.366 e. The van der Waals surface area contributed by atoms with Gasteiger partial charge in [0.25, 0.3) is 0 Å². The monoisotopic (exact) mass is 322 g/mol. The molecule has 0 unspecified atom stereocenters. The second-order valence-electron chi connectivity index (χ2n) is 5.58. The molecule has 0 fully saturated rings. The summed E-state index contributed by atoms with van der Waals surface area (Å²) in [6, 6.07) is 16.5. The van der Waals surface area contributed by atoms with Gasteiger partial charge >= 0.3 is 0 Å². The van der Waals surface area contributed by atoms with Crippen LogP contribution in [0.3, 0.4) is 0 Å². The average molecular weight is 322 g/mol. The van der Waals surface area contributed by atoms with Crippen LogP contribution < -0.4 is 10.6 Å². The fourth-order valence-electron chi connectivity index (χ4n) is 2.22. The highest BCUT2D eigenvalue weighted by Crippen LogP contribution is 2.10. The second kappa shape index (κ2) is 7.55. The third-order valence-corrected chi connectivity index (χ3v) is 3.61. The van der Waals surface area contributed by atoms with Crippen LogP contribution in [0.5, 0.6) is 0 Å². The summed E-state index contributed by atoms with van der Waals surface area (Å²) in [5.41, 5.74) is 3.40. The smallest absolute Gasteiger partial charge is 0.224 e. The number of hydrogen-bond acceptors (Lipinski definition) is 4. The predicted molar refractivity (Wildman–Crippen MR) is 94.3 cm³/mol. The molecule has 4 nitrogen and oxygen atoms in total. The first-order chi connectivity index (χ1) is 11.7. The lowest BCUT2D eigenvalue weighted by molar-refractivity contribution is 0.627. The summed E-state index contributed by atoms with van der Waals surface area (Å²) in [5.74, 6) is 1.06. The molecule has 0 aliphatic carbocycles. The number of benzene rings is 2. The van der Waals surface area contributed by atoms with Crippen LogP contribution in [0.25, 0.3) is 0 Å². The maximum Gasteiger partial charge on any atom is 0.224 e. The van der Waals surface area contributed by atoms with Gasteiger partial charge in [0, 0.05) is 19.3 Å². The Bertz CT molecular complexity index is 720. The van der Waals surface area contributed by atoms with E-state index in [0.29, 0.717) is 19.0 Å². The molecule has 0 spiro atoms. The molecule has 0 bridgehead atoms. The van der Waals surface area contributed by atoms with Gasteiger partial charge in [0.2, 0.25) is 5.95 Å². The molecule has 122 valence electrons. The number of nitrogens with zero attached hydrogens (tertiary/aromatic N) is 2. The molecule has 24 heavy (non-hydrogen) atoms. The Hall–Kier alpha value is -2.95. The Morgan fingerprint density at radius 3 is 2.17 bits per heavy atom. The average Bonchev–Trinajstić information content (AvgIpc) is 2.61. The van der Waals surface area contributed by atoms with Gasteiger partial charge in [-0.15, -0.1) is 0 Å². The molecule has 1 heterocycles. The zero-order valence-corrected chi connectivity index (χ0v) is 13.5. The molecule has 5 heteroatoms. The lowest BCUT2D eigenvalue weighted by Crippen LogP contribution is -2.06. The van der Waals surface area contributed by atoms with E-state index in [4.69, 9.17) is 0 Å². The summed E-state index contributed by atoms with van der Waals surface area (Å²) >= 11 is 0. The third-order valence-electron chi connectivity index (χ3n) is 3.61. The number of anilines is 2. The highest BCUT2D eigenvalue weighted by molar-refractivity contribution is 5.40. The minimum Gasteiger partial charge on any atom is -0.366 e. The van der Waals surface area contributed by atoms with E-state index in [9.17, 15) is 4.39 Å². The molecule has 1 aromatic heterocycles. The first-order valence-electron chi connectivity index (χ1n) is 7.80. The van der Waals surface area contributed by atoms with Crippen LogP contribution in [0, 0.1) is 12.7 Å². The second-order valence-corrected chi connectivity index (χ2v) is 5.58. The molecule has 0 radical (unpaired) electrons. The Labute approximate surface area is 140 Å². The molecule has 2 aromatic carbocycles. The van der Waals surface area contributed by atoms with Gasteiger partial charge in [0.15, 0.2) is 0 Å². The predicted octanol–water partition coefficient (Wildman–Crippen LogP) is 4.15. The van der Waals surface area contributed by atoms with Gasteiger partial charge in [-0.2, -0.15) is 4.98 Å². The molecule has 3 rings (SSSR count). The quantitative estimate of drug-likeness (QED) is 0.716. The normalized spacial score (nSPS) is 10.4. The maximum absolute atomic E-state index is 12.9. The topological polar surface area (TPSA) is 49.8 Å². The lowest BCUT2D eigenvalue weighted by Gasteiger charge is -2.09. The molecule has 0 saturated heterocycles. The summed E-state index contributed by atoms with van der Waals surface area (Å²) in [7, 11) is 0. The Balaban J connectivity index is 1.57. The van der Waals surface area contributed by atoms with Crippen molar-refractivity contribution in [3.8, 4) is 0 Å². The van der Waals surface area contributed by atoms with E-state index < -0.39 is 0 Å². The number of rotatable bonds is 6. The molecule has 0 aliphatic heterocycles. The van der Waals surface area contributed by atoms with Crippen molar-refractivity contribution in [3.05, 3.63) is 83.3 Å². The van der Waals surface area contributed by atoms with Crippen molar-refractivity contribution in [2.75, 3.05) is 10.6 Å². The SMILES string of the molecule is Cc1ccc(CNc2nccc(NCc3ccc(F)cc3)n2)cc1. The zero-order valence-electron chi connectivity index (χ0n) is 13.5.